The second-order valence-corrected chi connectivity index (χ2v) is 6.79. The summed E-state index contributed by atoms with van der Waals surface area (Å²) in [5, 5.41) is 11.0. The minimum Gasteiger partial charge on any atom is -0.450 e. The molecule has 27 heavy (non-hydrogen) atoms. The fourth-order valence-electron chi connectivity index (χ4n) is 2.16. The van der Waals surface area contributed by atoms with E-state index in [4.69, 9.17) is 0 Å². The summed E-state index contributed by atoms with van der Waals surface area (Å²) < 4.78 is 19.8. The van der Waals surface area contributed by atoms with Gasteiger partial charge in [0.05, 0.1) is 18.4 Å². The monoisotopic (exact) mass is 395 g/mol. The van der Waals surface area contributed by atoms with Gasteiger partial charge in [-0.3, -0.25) is 19.6 Å². The van der Waals surface area contributed by atoms with E-state index >= 15 is 0 Å². The molecule has 2 amide bonds. The van der Waals surface area contributed by atoms with Gasteiger partial charge in [-0.2, -0.15) is 0 Å². The van der Waals surface area contributed by atoms with Gasteiger partial charge in [0.2, 0.25) is 5.91 Å². The number of aromatic nitrogens is 3. The molecule has 1 heterocycles. The van der Waals surface area contributed by atoms with Crippen LogP contribution in [-0.2, 0) is 9.53 Å². The topological polar surface area (TPSA) is 89.3 Å². The molecule has 0 radical (unpaired) electrons. The fraction of sp³-hybridized carbons (Fsp3) is 0.412. The molecule has 0 bridgehead atoms. The SMILES string of the molecule is CCOC(=O)NC(=O)CSc1nnc(C(C)N(C)C)n1-c1ccc(F)cc1. The number of rotatable bonds is 7. The highest BCUT2D eigenvalue weighted by Gasteiger charge is 2.22. The summed E-state index contributed by atoms with van der Waals surface area (Å²) in [7, 11) is 3.82. The molecule has 2 rings (SSSR count). The third-order valence-electron chi connectivity index (χ3n) is 3.74. The van der Waals surface area contributed by atoms with Crippen LogP contribution >= 0.6 is 11.8 Å². The van der Waals surface area contributed by atoms with Crippen molar-refractivity contribution in [3.8, 4) is 5.69 Å². The number of hydrogen-bond donors (Lipinski definition) is 1. The highest BCUT2D eigenvalue weighted by atomic mass is 32.2. The Morgan fingerprint density at radius 2 is 1.96 bits per heavy atom. The second-order valence-electron chi connectivity index (χ2n) is 5.85. The summed E-state index contributed by atoms with van der Waals surface area (Å²) in [4.78, 5) is 25.2. The molecule has 0 spiro atoms. The molecule has 1 atom stereocenters. The molecule has 0 aliphatic rings. The van der Waals surface area contributed by atoms with Gasteiger partial charge in [0, 0.05) is 5.69 Å². The molecule has 2 aromatic rings. The minimum atomic E-state index is -0.787. The predicted molar refractivity (Wildman–Crippen MR) is 99.3 cm³/mol. The van der Waals surface area contributed by atoms with Gasteiger partial charge in [0.25, 0.3) is 0 Å². The van der Waals surface area contributed by atoms with Crippen LogP contribution in [-0.4, -0.2) is 58.1 Å². The highest BCUT2D eigenvalue weighted by molar-refractivity contribution is 7.99. The summed E-state index contributed by atoms with van der Waals surface area (Å²) in [6.45, 7) is 3.79. The molecule has 0 saturated carbocycles. The van der Waals surface area contributed by atoms with Gasteiger partial charge in [-0.15, -0.1) is 10.2 Å². The quantitative estimate of drug-likeness (QED) is 0.720. The number of nitrogens with zero attached hydrogens (tertiary/aromatic N) is 4. The van der Waals surface area contributed by atoms with Gasteiger partial charge in [-0.1, -0.05) is 11.8 Å². The van der Waals surface area contributed by atoms with Crippen LogP contribution in [0.4, 0.5) is 9.18 Å². The molecule has 8 nitrogen and oxygen atoms in total. The van der Waals surface area contributed by atoms with Crippen molar-refractivity contribution in [1.29, 1.82) is 0 Å². The van der Waals surface area contributed by atoms with Crippen LogP contribution < -0.4 is 5.32 Å². The Bertz CT molecular complexity index is 794. The van der Waals surface area contributed by atoms with Crippen molar-refractivity contribution >= 4 is 23.8 Å². The lowest BCUT2D eigenvalue weighted by Crippen LogP contribution is -2.32. The molecule has 1 unspecified atom stereocenters. The number of imide groups is 1. The Morgan fingerprint density at radius 1 is 1.30 bits per heavy atom. The zero-order valence-corrected chi connectivity index (χ0v) is 16.4. The van der Waals surface area contributed by atoms with Crippen molar-refractivity contribution in [3.63, 3.8) is 0 Å². The van der Waals surface area contributed by atoms with Gasteiger partial charge in [0.15, 0.2) is 11.0 Å². The molecule has 0 fully saturated rings. The molecule has 10 heteroatoms. The Morgan fingerprint density at radius 3 is 2.56 bits per heavy atom. The number of halogens is 1. The fourth-order valence-corrected chi connectivity index (χ4v) is 2.92. The van der Waals surface area contributed by atoms with Crippen molar-refractivity contribution in [2.45, 2.75) is 25.0 Å². The summed E-state index contributed by atoms with van der Waals surface area (Å²) in [6.07, 6.45) is -0.787. The van der Waals surface area contributed by atoms with E-state index in [9.17, 15) is 14.0 Å². The normalized spacial score (nSPS) is 12.1. The number of thioether (sulfide) groups is 1. The van der Waals surface area contributed by atoms with E-state index in [1.54, 1.807) is 23.6 Å². The maximum absolute atomic E-state index is 13.3. The van der Waals surface area contributed by atoms with E-state index in [1.807, 2.05) is 25.9 Å². The van der Waals surface area contributed by atoms with Gasteiger partial charge in [-0.05, 0) is 52.2 Å². The van der Waals surface area contributed by atoms with Crippen molar-refractivity contribution in [2.75, 3.05) is 26.5 Å². The summed E-state index contributed by atoms with van der Waals surface area (Å²) in [5.74, 6) is -0.250. The van der Waals surface area contributed by atoms with Crippen molar-refractivity contribution in [1.82, 2.24) is 25.0 Å². The zero-order chi connectivity index (χ0) is 20.0. The third kappa shape index (κ3) is 5.51. The maximum Gasteiger partial charge on any atom is 0.413 e. The number of carbonyl (C=O) groups is 2. The largest absolute Gasteiger partial charge is 0.450 e. The predicted octanol–water partition coefficient (Wildman–Crippen LogP) is 2.39. The first kappa shape index (κ1) is 20.8. The number of amides is 2. The lowest BCUT2D eigenvalue weighted by molar-refractivity contribution is -0.117. The number of hydrogen-bond acceptors (Lipinski definition) is 7. The summed E-state index contributed by atoms with van der Waals surface area (Å²) in [6, 6.07) is 5.87. The Kier molecular flexibility index (Phi) is 7.31. The smallest absolute Gasteiger partial charge is 0.413 e. The molecule has 0 saturated heterocycles. The van der Waals surface area contributed by atoms with Crippen LogP contribution in [0.3, 0.4) is 0 Å². The summed E-state index contributed by atoms with van der Waals surface area (Å²) >= 11 is 1.12. The van der Waals surface area contributed by atoms with E-state index in [0.717, 1.165) is 11.8 Å². The lowest BCUT2D eigenvalue weighted by Gasteiger charge is -2.20. The molecular weight excluding hydrogens is 373 g/mol. The van der Waals surface area contributed by atoms with Crippen LogP contribution in [0.25, 0.3) is 5.69 Å². The molecule has 1 aromatic carbocycles. The Balaban J connectivity index is 2.24. The molecule has 146 valence electrons. The first-order valence-corrected chi connectivity index (χ1v) is 9.29. The van der Waals surface area contributed by atoms with Crippen molar-refractivity contribution in [2.24, 2.45) is 0 Å². The average molecular weight is 395 g/mol. The zero-order valence-electron chi connectivity index (χ0n) is 15.6. The van der Waals surface area contributed by atoms with Crippen LogP contribution in [0, 0.1) is 5.82 Å². The van der Waals surface area contributed by atoms with Crippen LogP contribution in [0.1, 0.15) is 25.7 Å². The van der Waals surface area contributed by atoms with Gasteiger partial charge >= 0.3 is 6.09 Å². The maximum atomic E-state index is 13.3. The number of nitrogens with one attached hydrogen (secondary N) is 1. The van der Waals surface area contributed by atoms with Crippen molar-refractivity contribution in [3.05, 3.63) is 35.9 Å². The second kappa shape index (κ2) is 9.47. The number of carbonyl (C=O) groups excluding carboxylic acids is 2. The van der Waals surface area contributed by atoms with E-state index in [-0.39, 0.29) is 24.2 Å². The Labute approximate surface area is 161 Å². The third-order valence-corrected chi connectivity index (χ3v) is 4.67. The van der Waals surface area contributed by atoms with E-state index in [0.29, 0.717) is 16.7 Å². The van der Waals surface area contributed by atoms with E-state index < -0.39 is 12.0 Å². The average Bonchev–Trinajstić information content (AvgIpc) is 3.03. The van der Waals surface area contributed by atoms with Gasteiger partial charge in [-0.25, -0.2) is 9.18 Å². The summed E-state index contributed by atoms with van der Waals surface area (Å²) in [5.41, 5.74) is 0.679. The lowest BCUT2D eigenvalue weighted by atomic mass is 10.2. The van der Waals surface area contributed by atoms with Crippen LogP contribution in [0.5, 0.6) is 0 Å². The van der Waals surface area contributed by atoms with Gasteiger partial charge in [0.1, 0.15) is 5.82 Å². The number of ether oxygens (including phenoxy) is 1. The Hall–Kier alpha value is -2.46. The molecule has 0 aliphatic carbocycles. The molecule has 1 N–H and O–H groups in total. The van der Waals surface area contributed by atoms with Crippen LogP contribution in [0.2, 0.25) is 0 Å². The first-order valence-electron chi connectivity index (χ1n) is 8.30. The first-order chi connectivity index (χ1) is 12.8. The van der Waals surface area contributed by atoms with Crippen molar-refractivity contribution < 1.29 is 18.7 Å². The number of benzene rings is 1. The van der Waals surface area contributed by atoms with Gasteiger partial charge < -0.3 is 4.74 Å². The number of alkyl carbamates (subject to hydrolysis) is 1. The molecular formula is C17H22FN5O3S. The standard InChI is InChI=1S/C17H22FN5O3S/c1-5-26-17(25)19-14(24)10-27-16-21-20-15(11(2)22(3)4)23(16)13-8-6-12(18)7-9-13/h6-9,11H,5,10H2,1-4H3,(H,19,24,25). The highest BCUT2D eigenvalue weighted by Crippen LogP contribution is 2.26. The van der Waals surface area contributed by atoms with Crippen LogP contribution in [0.15, 0.2) is 29.4 Å². The van der Waals surface area contributed by atoms with E-state index in [2.05, 4.69) is 20.3 Å². The minimum absolute atomic E-state index is 0.0471. The molecule has 1 aromatic heterocycles. The van der Waals surface area contributed by atoms with E-state index in [1.165, 1.54) is 12.1 Å². The molecule has 0 aliphatic heterocycles.